The van der Waals surface area contributed by atoms with E-state index in [9.17, 15) is 4.79 Å². The summed E-state index contributed by atoms with van der Waals surface area (Å²) in [5, 5.41) is 3.32. The summed E-state index contributed by atoms with van der Waals surface area (Å²) < 4.78 is 0. The molecule has 0 radical (unpaired) electrons. The van der Waals surface area contributed by atoms with Gasteiger partial charge in [-0.05, 0) is 26.3 Å². The van der Waals surface area contributed by atoms with Crippen molar-refractivity contribution >= 4 is 23.1 Å². The van der Waals surface area contributed by atoms with E-state index in [-0.39, 0.29) is 17.2 Å². The number of hydrogen-bond donors (Lipinski definition) is 1. The van der Waals surface area contributed by atoms with Crippen LogP contribution in [0.15, 0.2) is 36.4 Å². The van der Waals surface area contributed by atoms with Crippen LogP contribution in [-0.4, -0.2) is 17.2 Å². The molecule has 0 bridgehead atoms. The molecule has 0 saturated heterocycles. The second-order valence-corrected chi connectivity index (χ2v) is 5.17. The van der Waals surface area contributed by atoms with E-state index in [1.807, 2.05) is 30.3 Å². The molecule has 0 aromatic heterocycles. The van der Waals surface area contributed by atoms with Crippen LogP contribution in [0.25, 0.3) is 5.70 Å². The fraction of sp³-hybridized carbons (Fsp3) is 0.357. The number of carbonyl (C=O) groups excluding carboxylic acids is 1. The van der Waals surface area contributed by atoms with Crippen molar-refractivity contribution in [2.75, 3.05) is 5.88 Å². The van der Waals surface area contributed by atoms with Crippen LogP contribution in [0.4, 0.5) is 0 Å². The van der Waals surface area contributed by atoms with Crippen LogP contribution in [-0.2, 0) is 4.79 Å². The highest BCUT2D eigenvalue weighted by Gasteiger charge is 2.13. The van der Waals surface area contributed by atoms with E-state index in [1.165, 1.54) is 0 Å². The van der Waals surface area contributed by atoms with Crippen molar-refractivity contribution in [3.63, 3.8) is 0 Å². The van der Waals surface area contributed by atoms with Crippen molar-refractivity contribution in [3.05, 3.63) is 42.0 Å². The van der Waals surface area contributed by atoms with Gasteiger partial charge in [0.2, 0.25) is 0 Å². The van der Waals surface area contributed by atoms with E-state index < -0.39 is 0 Å². The van der Waals surface area contributed by atoms with Gasteiger partial charge in [-0.15, -0.1) is 11.6 Å². The molecule has 0 aliphatic carbocycles. The van der Waals surface area contributed by atoms with Gasteiger partial charge in [-0.2, -0.15) is 0 Å². The molecular weight excluding hydrogens is 234 g/mol. The number of carbonyl (C=O) groups is 1. The SMILES string of the molecule is CC(C)(C)N/C(=C\C(=O)CCl)c1ccccc1. The first kappa shape index (κ1) is 13.8. The fourth-order valence-electron chi connectivity index (χ4n) is 1.41. The third kappa shape index (κ3) is 5.05. The van der Waals surface area contributed by atoms with Crippen molar-refractivity contribution in [2.24, 2.45) is 0 Å². The summed E-state index contributed by atoms with van der Waals surface area (Å²) in [6.45, 7) is 6.15. The van der Waals surface area contributed by atoms with E-state index in [0.717, 1.165) is 11.3 Å². The molecule has 0 heterocycles. The lowest BCUT2D eigenvalue weighted by Gasteiger charge is -2.24. The molecule has 0 saturated carbocycles. The van der Waals surface area contributed by atoms with E-state index in [4.69, 9.17) is 11.6 Å². The number of halogens is 1. The lowest BCUT2D eigenvalue weighted by Crippen LogP contribution is -2.34. The average molecular weight is 252 g/mol. The number of nitrogens with one attached hydrogen (secondary N) is 1. The van der Waals surface area contributed by atoms with Crippen molar-refractivity contribution in [3.8, 4) is 0 Å². The van der Waals surface area contributed by atoms with Crippen LogP contribution in [0, 0.1) is 0 Å². The number of alkyl halides is 1. The molecule has 1 aromatic rings. The van der Waals surface area contributed by atoms with Gasteiger partial charge in [0, 0.05) is 17.3 Å². The molecule has 0 spiro atoms. The predicted molar refractivity (Wildman–Crippen MR) is 73.0 cm³/mol. The first-order chi connectivity index (χ1) is 7.92. The fourth-order valence-corrected chi connectivity index (χ4v) is 1.49. The summed E-state index contributed by atoms with van der Waals surface area (Å²) in [7, 11) is 0. The van der Waals surface area contributed by atoms with E-state index in [2.05, 4.69) is 26.1 Å². The number of allylic oxidation sites excluding steroid dienone is 1. The van der Waals surface area contributed by atoms with Gasteiger partial charge < -0.3 is 5.32 Å². The third-order valence-electron chi connectivity index (χ3n) is 2.03. The Hall–Kier alpha value is -1.28. The van der Waals surface area contributed by atoms with Crippen LogP contribution >= 0.6 is 11.6 Å². The molecule has 92 valence electrons. The summed E-state index contributed by atoms with van der Waals surface area (Å²) in [6, 6.07) is 9.76. The minimum atomic E-state index is -0.103. The van der Waals surface area contributed by atoms with Gasteiger partial charge in [-0.3, -0.25) is 4.79 Å². The van der Waals surface area contributed by atoms with Crippen LogP contribution in [0.1, 0.15) is 26.3 Å². The Morgan fingerprint density at radius 3 is 2.35 bits per heavy atom. The maximum absolute atomic E-state index is 11.4. The molecular formula is C14H18ClNO. The topological polar surface area (TPSA) is 29.1 Å². The van der Waals surface area contributed by atoms with Crippen LogP contribution in [0.5, 0.6) is 0 Å². The normalized spacial score (nSPS) is 12.4. The smallest absolute Gasteiger partial charge is 0.172 e. The Bertz CT molecular complexity index is 404. The van der Waals surface area contributed by atoms with E-state index >= 15 is 0 Å². The van der Waals surface area contributed by atoms with Gasteiger partial charge in [0.25, 0.3) is 0 Å². The maximum atomic E-state index is 11.4. The van der Waals surface area contributed by atoms with Crippen LogP contribution in [0.2, 0.25) is 0 Å². The molecule has 0 fully saturated rings. The Labute approximate surface area is 108 Å². The number of ketones is 1. The molecule has 0 unspecified atom stereocenters. The minimum Gasteiger partial charge on any atom is -0.380 e. The Morgan fingerprint density at radius 2 is 1.88 bits per heavy atom. The Kier molecular flexibility index (Phi) is 4.76. The first-order valence-electron chi connectivity index (χ1n) is 5.56. The first-order valence-corrected chi connectivity index (χ1v) is 6.10. The summed E-state index contributed by atoms with van der Waals surface area (Å²) in [4.78, 5) is 11.4. The Morgan fingerprint density at radius 1 is 1.29 bits per heavy atom. The van der Waals surface area contributed by atoms with E-state index in [0.29, 0.717) is 0 Å². The van der Waals surface area contributed by atoms with Gasteiger partial charge >= 0.3 is 0 Å². The highest BCUT2D eigenvalue weighted by molar-refractivity contribution is 6.30. The summed E-state index contributed by atoms with van der Waals surface area (Å²) in [5.41, 5.74) is 1.69. The monoisotopic (exact) mass is 251 g/mol. The van der Waals surface area contributed by atoms with Crippen molar-refractivity contribution in [2.45, 2.75) is 26.3 Å². The zero-order chi connectivity index (χ0) is 12.9. The van der Waals surface area contributed by atoms with Crippen LogP contribution < -0.4 is 5.32 Å². The molecule has 0 atom stereocenters. The summed E-state index contributed by atoms with van der Waals surface area (Å²) >= 11 is 5.53. The lowest BCUT2D eigenvalue weighted by molar-refractivity contribution is -0.112. The highest BCUT2D eigenvalue weighted by atomic mass is 35.5. The largest absolute Gasteiger partial charge is 0.380 e. The zero-order valence-corrected chi connectivity index (χ0v) is 11.2. The molecule has 1 rings (SSSR count). The number of hydrogen-bond acceptors (Lipinski definition) is 2. The van der Waals surface area contributed by atoms with Crippen LogP contribution in [0.3, 0.4) is 0 Å². The number of rotatable bonds is 4. The predicted octanol–water partition coefficient (Wildman–Crippen LogP) is 3.22. The summed E-state index contributed by atoms with van der Waals surface area (Å²) in [5.74, 6) is -0.0930. The molecule has 17 heavy (non-hydrogen) atoms. The third-order valence-corrected chi connectivity index (χ3v) is 2.29. The molecule has 3 heteroatoms. The molecule has 0 aliphatic rings. The number of benzene rings is 1. The molecule has 0 amide bonds. The van der Waals surface area contributed by atoms with Crippen molar-refractivity contribution in [1.82, 2.24) is 5.32 Å². The van der Waals surface area contributed by atoms with Gasteiger partial charge in [0.1, 0.15) is 0 Å². The lowest BCUT2D eigenvalue weighted by atomic mass is 10.0. The second kappa shape index (κ2) is 5.87. The average Bonchev–Trinajstić information content (AvgIpc) is 2.27. The van der Waals surface area contributed by atoms with Gasteiger partial charge in [-0.25, -0.2) is 0 Å². The highest BCUT2D eigenvalue weighted by Crippen LogP contribution is 2.15. The van der Waals surface area contributed by atoms with Gasteiger partial charge in [0.15, 0.2) is 5.78 Å². The van der Waals surface area contributed by atoms with Gasteiger partial charge in [-0.1, -0.05) is 30.3 Å². The molecule has 1 aromatic carbocycles. The maximum Gasteiger partial charge on any atom is 0.172 e. The van der Waals surface area contributed by atoms with E-state index in [1.54, 1.807) is 6.08 Å². The summed E-state index contributed by atoms with van der Waals surface area (Å²) in [6.07, 6.45) is 1.56. The van der Waals surface area contributed by atoms with Crippen molar-refractivity contribution < 1.29 is 4.79 Å². The molecule has 2 nitrogen and oxygen atoms in total. The minimum absolute atomic E-state index is 0.00214. The van der Waals surface area contributed by atoms with Crippen molar-refractivity contribution in [1.29, 1.82) is 0 Å². The standard InChI is InChI=1S/C14H18ClNO/c1-14(2,3)16-13(9-12(17)10-15)11-7-5-4-6-8-11/h4-9,16H,10H2,1-3H3/b13-9-. The molecule has 0 aliphatic heterocycles. The zero-order valence-electron chi connectivity index (χ0n) is 10.5. The second-order valence-electron chi connectivity index (χ2n) is 4.90. The molecule has 1 N–H and O–H groups in total. The van der Waals surface area contributed by atoms with Gasteiger partial charge in [0.05, 0.1) is 5.88 Å². The quantitative estimate of drug-likeness (QED) is 0.658. The Balaban J connectivity index is 3.03.